The number of esters is 2. The summed E-state index contributed by atoms with van der Waals surface area (Å²) >= 11 is 0. The van der Waals surface area contributed by atoms with Gasteiger partial charge >= 0.3 is 11.9 Å². The summed E-state index contributed by atoms with van der Waals surface area (Å²) in [4.78, 5) is 24.0. The van der Waals surface area contributed by atoms with Crippen molar-refractivity contribution in [1.29, 1.82) is 0 Å². The molecule has 0 aromatic heterocycles. The summed E-state index contributed by atoms with van der Waals surface area (Å²) in [7, 11) is 0. The van der Waals surface area contributed by atoms with E-state index >= 15 is 0 Å². The molecule has 0 saturated carbocycles. The minimum atomic E-state index is -0.774. The molecule has 0 rings (SSSR count). The molecule has 0 heterocycles. The van der Waals surface area contributed by atoms with Gasteiger partial charge in [0.25, 0.3) is 0 Å². The first-order valence-electron chi connectivity index (χ1n) is 15.5. The molecule has 220 valence electrons. The number of carbonyl (C=O) groups excluding carboxylic acids is 2. The minimum Gasteiger partial charge on any atom is -0.462 e. The van der Waals surface area contributed by atoms with E-state index in [1.807, 2.05) is 0 Å². The summed E-state index contributed by atoms with van der Waals surface area (Å²) in [5, 5.41) is 9.46. The van der Waals surface area contributed by atoms with Gasteiger partial charge in [0.05, 0.1) is 6.61 Å². The third-order valence-electron chi connectivity index (χ3n) is 6.45. The van der Waals surface area contributed by atoms with E-state index in [1.54, 1.807) is 0 Å². The summed E-state index contributed by atoms with van der Waals surface area (Å²) in [6.45, 7) is 3.96. The zero-order valence-electron chi connectivity index (χ0n) is 24.7. The van der Waals surface area contributed by atoms with Crippen LogP contribution in [0.5, 0.6) is 0 Å². The van der Waals surface area contributed by atoms with Gasteiger partial charge in [0.1, 0.15) is 6.61 Å². The average molecular weight is 535 g/mol. The van der Waals surface area contributed by atoms with Gasteiger partial charge < -0.3 is 14.6 Å². The molecule has 0 saturated heterocycles. The normalized spacial score (nSPS) is 12.6. The van der Waals surface area contributed by atoms with Crippen molar-refractivity contribution in [3.63, 3.8) is 0 Å². The molecular formula is C33H58O5. The van der Waals surface area contributed by atoms with Gasteiger partial charge in [-0.05, 0) is 44.9 Å². The highest BCUT2D eigenvalue weighted by molar-refractivity contribution is 5.70. The third-order valence-corrected chi connectivity index (χ3v) is 6.45. The Kier molecular flexibility index (Phi) is 28.2. The molecular weight excluding hydrogens is 476 g/mol. The molecule has 1 unspecified atom stereocenters. The summed E-state index contributed by atoms with van der Waals surface area (Å²) in [5.41, 5.74) is 0. The second-order valence-electron chi connectivity index (χ2n) is 10.2. The van der Waals surface area contributed by atoms with Gasteiger partial charge in [0, 0.05) is 12.8 Å². The fraction of sp³-hybridized carbons (Fsp3) is 0.758. The Morgan fingerprint density at radius 3 is 1.71 bits per heavy atom. The summed E-state index contributed by atoms with van der Waals surface area (Å²) in [6.07, 6.45) is 33.4. The number of carbonyl (C=O) groups is 2. The second-order valence-corrected chi connectivity index (χ2v) is 10.2. The Bertz CT molecular complexity index is 623. The van der Waals surface area contributed by atoms with Crippen molar-refractivity contribution in [2.24, 2.45) is 0 Å². The van der Waals surface area contributed by atoms with Crippen molar-refractivity contribution in [3.05, 3.63) is 36.5 Å². The predicted molar refractivity (Wildman–Crippen MR) is 159 cm³/mol. The first kappa shape index (κ1) is 36.1. The summed E-state index contributed by atoms with van der Waals surface area (Å²) in [5.74, 6) is -0.617. The number of hydrogen-bond donors (Lipinski definition) is 1. The van der Waals surface area contributed by atoms with E-state index in [0.29, 0.717) is 12.8 Å². The van der Waals surface area contributed by atoms with E-state index in [0.717, 1.165) is 70.6 Å². The van der Waals surface area contributed by atoms with Crippen LogP contribution in [0.1, 0.15) is 142 Å². The second kappa shape index (κ2) is 29.7. The maximum atomic E-state index is 12.1. The molecule has 1 N–H and O–H groups in total. The summed E-state index contributed by atoms with van der Waals surface area (Å²) in [6, 6.07) is 0. The van der Waals surface area contributed by atoms with Gasteiger partial charge in [0.15, 0.2) is 6.10 Å². The largest absolute Gasteiger partial charge is 0.462 e. The lowest BCUT2D eigenvalue weighted by Crippen LogP contribution is -2.28. The highest BCUT2D eigenvalue weighted by Gasteiger charge is 2.16. The molecule has 0 aromatic rings. The number of allylic oxidation sites excluding steroid dienone is 6. The van der Waals surface area contributed by atoms with Crippen LogP contribution in [0.15, 0.2) is 36.5 Å². The van der Waals surface area contributed by atoms with Crippen molar-refractivity contribution in [2.75, 3.05) is 13.2 Å². The van der Waals surface area contributed by atoms with E-state index in [9.17, 15) is 14.7 Å². The molecule has 1 atom stereocenters. The van der Waals surface area contributed by atoms with Crippen LogP contribution >= 0.6 is 0 Å². The van der Waals surface area contributed by atoms with Gasteiger partial charge in [0.2, 0.25) is 0 Å². The van der Waals surface area contributed by atoms with E-state index in [2.05, 4.69) is 50.3 Å². The lowest BCUT2D eigenvalue weighted by atomic mass is 10.1. The quantitative estimate of drug-likeness (QED) is 0.0647. The molecule has 5 heteroatoms. The standard InChI is InChI=1S/C33H58O5/c1-3-5-7-9-11-13-14-15-16-17-18-20-22-24-26-28-33(36)38-31(29-34)30-37-32(35)27-25-23-21-19-12-10-8-6-4-2/h5,7,11,13,15-16,31,34H,3-4,6,8-10,12,14,17-30H2,1-2H3/b7-5-,13-11-,16-15-. The lowest BCUT2D eigenvalue weighted by Gasteiger charge is -2.15. The zero-order chi connectivity index (χ0) is 27.9. The number of aliphatic hydroxyl groups is 1. The van der Waals surface area contributed by atoms with Gasteiger partial charge in [-0.25, -0.2) is 0 Å². The molecule has 38 heavy (non-hydrogen) atoms. The smallest absolute Gasteiger partial charge is 0.306 e. The van der Waals surface area contributed by atoms with Crippen molar-refractivity contribution in [2.45, 2.75) is 148 Å². The molecule has 5 nitrogen and oxygen atoms in total. The first-order valence-corrected chi connectivity index (χ1v) is 15.5. The van der Waals surface area contributed by atoms with Crippen LogP contribution in [0.25, 0.3) is 0 Å². The Balaban J connectivity index is 3.64. The number of hydrogen-bond acceptors (Lipinski definition) is 5. The SMILES string of the molecule is CC/C=C\C/C=C\C/C=C\CCCCCCCC(=O)OC(CO)COC(=O)CCCCCCCCCCC. The highest BCUT2D eigenvalue weighted by Crippen LogP contribution is 2.12. The van der Waals surface area contributed by atoms with Crippen LogP contribution in [0, 0.1) is 0 Å². The number of ether oxygens (including phenoxy) is 2. The molecule has 0 bridgehead atoms. The van der Waals surface area contributed by atoms with Crippen LogP contribution in [0.4, 0.5) is 0 Å². The average Bonchev–Trinajstić information content (AvgIpc) is 2.92. The fourth-order valence-corrected chi connectivity index (χ4v) is 4.10. The van der Waals surface area contributed by atoms with Crippen molar-refractivity contribution in [3.8, 4) is 0 Å². The molecule has 0 radical (unpaired) electrons. The monoisotopic (exact) mass is 534 g/mol. The van der Waals surface area contributed by atoms with Gasteiger partial charge in [-0.15, -0.1) is 0 Å². The van der Waals surface area contributed by atoms with Crippen molar-refractivity contribution >= 4 is 11.9 Å². The zero-order valence-corrected chi connectivity index (χ0v) is 24.7. The molecule has 0 aliphatic rings. The van der Waals surface area contributed by atoms with Gasteiger partial charge in [-0.1, -0.05) is 121 Å². The molecule has 0 aliphatic heterocycles. The van der Waals surface area contributed by atoms with E-state index < -0.39 is 6.10 Å². The Hall–Kier alpha value is -1.88. The molecule has 0 aromatic carbocycles. The third kappa shape index (κ3) is 27.2. The lowest BCUT2D eigenvalue weighted by molar-refractivity contribution is -0.161. The molecule has 0 aliphatic carbocycles. The van der Waals surface area contributed by atoms with Gasteiger partial charge in [-0.2, -0.15) is 0 Å². The Labute approximate surface area is 234 Å². The predicted octanol–water partition coefficient (Wildman–Crippen LogP) is 8.94. The van der Waals surface area contributed by atoms with Gasteiger partial charge in [-0.3, -0.25) is 9.59 Å². The van der Waals surface area contributed by atoms with Crippen LogP contribution in [-0.2, 0) is 19.1 Å². The van der Waals surface area contributed by atoms with E-state index in [1.165, 1.54) is 44.9 Å². The highest BCUT2D eigenvalue weighted by atomic mass is 16.6. The molecule has 0 spiro atoms. The minimum absolute atomic E-state index is 0.0717. The Morgan fingerprint density at radius 2 is 1.13 bits per heavy atom. The van der Waals surface area contributed by atoms with Crippen molar-refractivity contribution in [1.82, 2.24) is 0 Å². The van der Waals surface area contributed by atoms with Crippen LogP contribution in [0.3, 0.4) is 0 Å². The maximum absolute atomic E-state index is 12.1. The molecule has 0 amide bonds. The maximum Gasteiger partial charge on any atom is 0.306 e. The van der Waals surface area contributed by atoms with Crippen LogP contribution in [-0.4, -0.2) is 36.4 Å². The first-order chi connectivity index (χ1) is 18.6. The molecule has 0 fully saturated rings. The van der Waals surface area contributed by atoms with E-state index in [4.69, 9.17) is 9.47 Å². The number of rotatable bonds is 27. The van der Waals surface area contributed by atoms with Crippen LogP contribution < -0.4 is 0 Å². The number of aliphatic hydroxyl groups excluding tert-OH is 1. The van der Waals surface area contributed by atoms with Crippen LogP contribution in [0.2, 0.25) is 0 Å². The van der Waals surface area contributed by atoms with E-state index in [-0.39, 0.29) is 25.2 Å². The Morgan fingerprint density at radius 1 is 0.632 bits per heavy atom. The fourth-order valence-electron chi connectivity index (χ4n) is 4.10. The summed E-state index contributed by atoms with van der Waals surface area (Å²) < 4.78 is 10.5. The van der Waals surface area contributed by atoms with Crippen molar-refractivity contribution < 1.29 is 24.2 Å². The number of unbranched alkanes of at least 4 members (excludes halogenated alkanes) is 13. The topological polar surface area (TPSA) is 72.8 Å².